The Labute approximate surface area is 167 Å². The molecule has 0 unspecified atom stereocenters. The molecule has 0 saturated carbocycles. The van der Waals surface area contributed by atoms with E-state index >= 15 is 0 Å². The summed E-state index contributed by atoms with van der Waals surface area (Å²) in [5.74, 6) is -0.623. The molecule has 12 heteroatoms. The first-order chi connectivity index (χ1) is 13.2. The van der Waals surface area contributed by atoms with Crippen molar-refractivity contribution in [3.63, 3.8) is 0 Å². The predicted molar refractivity (Wildman–Crippen MR) is 98.0 cm³/mol. The van der Waals surface area contributed by atoms with Crippen molar-refractivity contribution in [3.8, 4) is 0 Å². The lowest BCUT2D eigenvalue weighted by Gasteiger charge is -2.15. The molecule has 1 amide bonds. The van der Waals surface area contributed by atoms with Gasteiger partial charge in [0.2, 0.25) is 0 Å². The zero-order valence-corrected chi connectivity index (χ0v) is 16.6. The summed E-state index contributed by atoms with van der Waals surface area (Å²) < 4.78 is 48.1. The molecule has 0 radical (unpaired) electrons. The van der Waals surface area contributed by atoms with Gasteiger partial charge in [0.15, 0.2) is 6.10 Å². The molecule has 1 atom stereocenters. The maximum absolute atomic E-state index is 13.8. The number of rotatable bonds is 5. The molecule has 3 rings (SSSR count). The molecule has 0 bridgehead atoms. The summed E-state index contributed by atoms with van der Waals surface area (Å²) >= 11 is 3.00. The average Bonchev–Trinajstić information content (AvgIpc) is 3.04. The topological polar surface area (TPSA) is 116 Å². The van der Waals surface area contributed by atoms with Crippen LogP contribution in [0.5, 0.6) is 0 Å². The van der Waals surface area contributed by atoms with Gasteiger partial charge in [-0.3, -0.25) is 19.2 Å². The Morgan fingerprint density at radius 3 is 2.68 bits per heavy atom. The Hall–Kier alpha value is -2.57. The summed E-state index contributed by atoms with van der Waals surface area (Å²) in [6, 6.07) is 7.32. The molecule has 0 aromatic heterocycles. The number of halogens is 2. The fraction of sp³-hybridized carbons (Fsp3) is 0.188. The van der Waals surface area contributed by atoms with E-state index in [0.29, 0.717) is 0 Å². The van der Waals surface area contributed by atoms with Gasteiger partial charge < -0.3 is 4.74 Å². The third-order valence-electron chi connectivity index (χ3n) is 4.08. The van der Waals surface area contributed by atoms with Crippen LogP contribution in [0.1, 0.15) is 11.7 Å². The molecule has 0 N–H and O–H groups in total. The van der Waals surface area contributed by atoms with Crippen molar-refractivity contribution in [1.29, 1.82) is 0 Å². The molecule has 148 valence electrons. The second-order valence-electron chi connectivity index (χ2n) is 5.65. The summed E-state index contributed by atoms with van der Waals surface area (Å²) in [6.45, 7) is -0.253. The smallest absolute Gasteiger partial charge is 0.415 e. The van der Waals surface area contributed by atoms with Crippen LogP contribution in [0.25, 0.3) is 0 Å². The van der Waals surface area contributed by atoms with E-state index in [1.807, 2.05) is 0 Å². The van der Waals surface area contributed by atoms with E-state index in [9.17, 15) is 27.7 Å². The summed E-state index contributed by atoms with van der Waals surface area (Å²) in [7, 11) is -3.40. The maximum atomic E-state index is 13.8. The average molecular weight is 475 g/mol. The number of anilines is 1. The Morgan fingerprint density at radius 2 is 2.07 bits per heavy atom. The molecular formula is C16H12BrFN2O7S. The predicted octanol–water partition coefficient (Wildman–Crippen LogP) is 3.53. The van der Waals surface area contributed by atoms with Gasteiger partial charge in [-0.05, 0) is 40.2 Å². The van der Waals surface area contributed by atoms with Gasteiger partial charge >= 0.3 is 6.09 Å². The van der Waals surface area contributed by atoms with Crippen molar-refractivity contribution < 1.29 is 31.4 Å². The highest BCUT2D eigenvalue weighted by atomic mass is 79.9. The van der Waals surface area contributed by atoms with E-state index < -0.39 is 43.6 Å². The molecule has 2 aromatic carbocycles. The molecule has 28 heavy (non-hydrogen) atoms. The van der Waals surface area contributed by atoms with Gasteiger partial charge in [-0.25, -0.2) is 9.18 Å². The van der Waals surface area contributed by atoms with E-state index in [0.717, 1.165) is 30.2 Å². The standard InChI is InChI=1S/C16H12BrFN2O7S/c1-26-28(24,25)14-4-2-3-12(20(22)23)15(14)13-8-19(16(21)27-13)9-5-6-10(17)11(18)7-9/h2-7,13H,8H2,1H3/t13-/m0/s1. The third kappa shape index (κ3) is 3.57. The molecular weight excluding hydrogens is 463 g/mol. The molecule has 1 heterocycles. The molecule has 1 aliphatic heterocycles. The zero-order chi connectivity index (χ0) is 20.6. The number of hydrogen-bond donors (Lipinski definition) is 0. The first-order valence-electron chi connectivity index (χ1n) is 7.67. The van der Waals surface area contributed by atoms with Gasteiger partial charge in [0, 0.05) is 6.07 Å². The molecule has 0 spiro atoms. The highest BCUT2D eigenvalue weighted by Crippen LogP contribution is 2.39. The fourth-order valence-corrected chi connectivity index (χ4v) is 3.98. The first-order valence-corrected chi connectivity index (χ1v) is 9.87. The lowest BCUT2D eigenvalue weighted by molar-refractivity contribution is -0.386. The number of nitro benzene ring substituents is 1. The van der Waals surface area contributed by atoms with Crippen LogP contribution in [-0.4, -0.2) is 33.1 Å². The summed E-state index contributed by atoms with van der Waals surface area (Å²) in [6.07, 6.45) is -2.17. The number of cyclic esters (lactones) is 1. The van der Waals surface area contributed by atoms with Crippen molar-refractivity contribution in [2.24, 2.45) is 0 Å². The monoisotopic (exact) mass is 474 g/mol. The lowest BCUT2D eigenvalue weighted by Crippen LogP contribution is -2.24. The second kappa shape index (κ2) is 7.45. The van der Waals surface area contributed by atoms with Crippen molar-refractivity contribution in [2.45, 2.75) is 11.0 Å². The second-order valence-corrected chi connectivity index (χ2v) is 8.18. The zero-order valence-electron chi connectivity index (χ0n) is 14.2. The van der Waals surface area contributed by atoms with Crippen molar-refractivity contribution in [3.05, 3.63) is 62.4 Å². The van der Waals surface area contributed by atoms with E-state index in [1.165, 1.54) is 18.2 Å². The highest BCUT2D eigenvalue weighted by molar-refractivity contribution is 9.10. The Bertz CT molecular complexity index is 1080. The Morgan fingerprint density at radius 1 is 1.36 bits per heavy atom. The minimum Gasteiger partial charge on any atom is -0.439 e. The van der Waals surface area contributed by atoms with E-state index in [-0.39, 0.29) is 22.3 Å². The number of ether oxygens (including phenoxy) is 1. The number of nitrogens with zero attached hydrogens (tertiary/aromatic N) is 2. The number of carbonyl (C=O) groups is 1. The Kier molecular flexibility index (Phi) is 5.37. The van der Waals surface area contributed by atoms with Crippen molar-refractivity contribution >= 4 is 43.5 Å². The Balaban J connectivity index is 2.08. The molecule has 2 aromatic rings. The van der Waals surface area contributed by atoms with Crippen LogP contribution in [0.3, 0.4) is 0 Å². The fourth-order valence-electron chi connectivity index (χ4n) is 2.80. The van der Waals surface area contributed by atoms with Crippen LogP contribution in [0.2, 0.25) is 0 Å². The number of hydrogen-bond acceptors (Lipinski definition) is 7. The largest absolute Gasteiger partial charge is 0.439 e. The summed E-state index contributed by atoms with van der Waals surface area (Å²) in [4.78, 5) is 23.5. The van der Waals surface area contributed by atoms with Crippen LogP contribution in [0, 0.1) is 15.9 Å². The van der Waals surface area contributed by atoms with Crippen LogP contribution in [-0.2, 0) is 19.0 Å². The quantitative estimate of drug-likeness (QED) is 0.369. The van der Waals surface area contributed by atoms with Crippen LogP contribution in [0.15, 0.2) is 45.8 Å². The van der Waals surface area contributed by atoms with Gasteiger partial charge in [0.25, 0.3) is 15.8 Å². The number of benzene rings is 2. The van der Waals surface area contributed by atoms with Crippen molar-refractivity contribution in [1.82, 2.24) is 0 Å². The van der Waals surface area contributed by atoms with Gasteiger partial charge in [-0.1, -0.05) is 6.07 Å². The summed E-state index contributed by atoms with van der Waals surface area (Å²) in [5.41, 5.74) is -0.703. The van der Waals surface area contributed by atoms with E-state index in [1.54, 1.807) is 0 Å². The van der Waals surface area contributed by atoms with Crippen LogP contribution in [0.4, 0.5) is 20.6 Å². The maximum Gasteiger partial charge on any atom is 0.415 e. The van der Waals surface area contributed by atoms with E-state index in [2.05, 4.69) is 20.1 Å². The molecule has 1 fully saturated rings. The minimum atomic E-state index is -4.31. The number of nitro groups is 1. The molecule has 1 aliphatic rings. The van der Waals surface area contributed by atoms with Crippen LogP contribution >= 0.6 is 15.9 Å². The van der Waals surface area contributed by atoms with Crippen LogP contribution < -0.4 is 4.90 Å². The lowest BCUT2D eigenvalue weighted by atomic mass is 10.1. The number of carbonyl (C=O) groups excluding carboxylic acids is 1. The SMILES string of the molecule is COS(=O)(=O)c1cccc([N+](=O)[O-])c1[C@@H]1CN(c2ccc(Br)c(F)c2)C(=O)O1. The normalized spacial score (nSPS) is 16.9. The highest BCUT2D eigenvalue weighted by Gasteiger charge is 2.41. The summed E-state index contributed by atoms with van der Waals surface area (Å²) in [5, 5.41) is 11.4. The third-order valence-corrected chi connectivity index (χ3v) is 6.05. The van der Waals surface area contributed by atoms with Gasteiger partial charge in [0.05, 0.1) is 34.3 Å². The molecule has 9 nitrogen and oxygen atoms in total. The van der Waals surface area contributed by atoms with Gasteiger partial charge in [-0.2, -0.15) is 8.42 Å². The minimum absolute atomic E-state index is 0.155. The first kappa shape index (κ1) is 20.2. The molecule has 0 aliphatic carbocycles. The van der Waals surface area contributed by atoms with Gasteiger partial charge in [-0.15, -0.1) is 0 Å². The van der Waals surface area contributed by atoms with Crippen molar-refractivity contribution in [2.75, 3.05) is 18.6 Å². The van der Waals surface area contributed by atoms with Gasteiger partial charge in [0.1, 0.15) is 10.7 Å². The number of amides is 1. The molecule has 1 saturated heterocycles. The van der Waals surface area contributed by atoms with E-state index in [4.69, 9.17) is 4.74 Å².